The molecule has 0 atom stereocenters. The van der Waals surface area contributed by atoms with Crippen molar-refractivity contribution in [3.63, 3.8) is 0 Å². The zero-order valence-corrected chi connectivity index (χ0v) is 15.8. The van der Waals surface area contributed by atoms with E-state index in [-0.39, 0.29) is 11.4 Å². The minimum atomic E-state index is -0.0408. The quantitative estimate of drug-likeness (QED) is 0.477. The summed E-state index contributed by atoms with van der Waals surface area (Å²) in [6, 6.07) is 3.45. The number of furan rings is 1. The van der Waals surface area contributed by atoms with Crippen LogP contribution >= 0.6 is 0 Å². The molecule has 2 N–H and O–H groups in total. The molecule has 0 aromatic carbocycles. The molecule has 1 aromatic heterocycles. The van der Waals surface area contributed by atoms with E-state index in [1.807, 2.05) is 4.90 Å². The summed E-state index contributed by atoms with van der Waals surface area (Å²) >= 11 is 0. The highest BCUT2D eigenvalue weighted by Crippen LogP contribution is 2.09. The smallest absolute Gasteiger partial charge is 0.289 e. The van der Waals surface area contributed by atoms with Crippen LogP contribution in [0, 0.1) is 0 Å². The lowest BCUT2D eigenvalue weighted by atomic mass is 10.1. The molecule has 1 aliphatic heterocycles. The van der Waals surface area contributed by atoms with Crippen molar-refractivity contribution in [2.24, 2.45) is 4.99 Å². The number of aliphatic imine (C=N–C) groups is 1. The van der Waals surface area contributed by atoms with Crippen molar-refractivity contribution in [1.82, 2.24) is 20.4 Å². The molecule has 1 fully saturated rings. The van der Waals surface area contributed by atoms with Crippen LogP contribution in [0.2, 0.25) is 0 Å². The fourth-order valence-electron chi connectivity index (χ4n) is 2.70. The van der Waals surface area contributed by atoms with Crippen LogP contribution in [-0.4, -0.2) is 73.0 Å². The van der Waals surface area contributed by atoms with Crippen molar-refractivity contribution >= 4 is 11.9 Å². The molecule has 0 saturated carbocycles. The molecule has 0 radical (unpaired) electrons. The summed E-state index contributed by atoms with van der Waals surface area (Å²) in [5.41, 5.74) is 0.103. The molecular formula is C18H31N5O2. The molecule has 0 spiro atoms. The number of amides is 1. The molecule has 7 heteroatoms. The Labute approximate surface area is 150 Å². The normalized spacial score (nSPS) is 16.2. The first-order valence-electron chi connectivity index (χ1n) is 9.02. The Morgan fingerprint density at radius 3 is 2.48 bits per heavy atom. The molecule has 25 heavy (non-hydrogen) atoms. The standard InChI is InChI=1S/C18H31N5O2/c1-5-19-17(20-8-9-21-18(2,3)4)23-12-10-22(11-13-23)16(24)15-7-6-14-25-15/h6-7,14,21H,5,8-13H2,1-4H3,(H,19,20). The Kier molecular flexibility index (Phi) is 6.87. The fourth-order valence-corrected chi connectivity index (χ4v) is 2.70. The van der Waals surface area contributed by atoms with Gasteiger partial charge in [0, 0.05) is 44.8 Å². The van der Waals surface area contributed by atoms with Gasteiger partial charge < -0.3 is 24.9 Å². The van der Waals surface area contributed by atoms with Gasteiger partial charge in [0.25, 0.3) is 5.91 Å². The van der Waals surface area contributed by atoms with Gasteiger partial charge in [-0.05, 0) is 39.8 Å². The topological polar surface area (TPSA) is 73.1 Å². The number of hydrogen-bond donors (Lipinski definition) is 2. The lowest BCUT2D eigenvalue weighted by Crippen LogP contribution is -2.54. The van der Waals surface area contributed by atoms with Crippen LogP contribution in [0.3, 0.4) is 0 Å². The van der Waals surface area contributed by atoms with Crippen molar-refractivity contribution < 1.29 is 9.21 Å². The summed E-state index contributed by atoms with van der Waals surface area (Å²) in [6.45, 7) is 13.8. The number of nitrogens with zero attached hydrogens (tertiary/aromatic N) is 3. The first kappa shape index (κ1) is 19.3. The molecule has 1 aliphatic rings. The number of carbonyl (C=O) groups is 1. The molecular weight excluding hydrogens is 318 g/mol. The Morgan fingerprint density at radius 2 is 1.92 bits per heavy atom. The molecule has 2 heterocycles. The van der Waals surface area contributed by atoms with E-state index in [9.17, 15) is 4.79 Å². The van der Waals surface area contributed by atoms with Crippen LogP contribution in [-0.2, 0) is 0 Å². The second-order valence-electron chi connectivity index (χ2n) is 7.17. The van der Waals surface area contributed by atoms with Crippen molar-refractivity contribution in [2.75, 3.05) is 45.8 Å². The maximum absolute atomic E-state index is 12.3. The third-order valence-electron chi connectivity index (χ3n) is 3.96. The van der Waals surface area contributed by atoms with Gasteiger partial charge >= 0.3 is 0 Å². The molecule has 0 bridgehead atoms. The lowest BCUT2D eigenvalue weighted by molar-refractivity contribution is 0.0657. The van der Waals surface area contributed by atoms with E-state index in [4.69, 9.17) is 9.41 Å². The summed E-state index contributed by atoms with van der Waals surface area (Å²) in [5, 5.41) is 6.79. The summed E-state index contributed by atoms with van der Waals surface area (Å²) in [5.74, 6) is 1.28. The predicted molar refractivity (Wildman–Crippen MR) is 99.9 cm³/mol. The average Bonchev–Trinajstić information content (AvgIpc) is 3.11. The largest absolute Gasteiger partial charge is 0.459 e. The van der Waals surface area contributed by atoms with Crippen molar-refractivity contribution in [3.05, 3.63) is 24.2 Å². The molecule has 0 unspecified atom stereocenters. The molecule has 1 aromatic rings. The summed E-state index contributed by atoms with van der Waals surface area (Å²) < 4.78 is 5.21. The predicted octanol–water partition coefficient (Wildman–Crippen LogP) is 1.39. The second kappa shape index (κ2) is 8.89. The highest BCUT2D eigenvalue weighted by Gasteiger charge is 2.25. The van der Waals surface area contributed by atoms with Gasteiger partial charge in [-0.1, -0.05) is 0 Å². The Bertz CT molecular complexity index is 555. The van der Waals surface area contributed by atoms with E-state index >= 15 is 0 Å². The molecule has 2 rings (SSSR count). The first-order valence-corrected chi connectivity index (χ1v) is 9.02. The van der Waals surface area contributed by atoms with Gasteiger partial charge in [-0.2, -0.15) is 0 Å². The maximum Gasteiger partial charge on any atom is 0.289 e. The van der Waals surface area contributed by atoms with Crippen LogP contribution < -0.4 is 10.6 Å². The van der Waals surface area contributed by atoms with Gasteiger partial charge in [0.05, 0.1) is 12.8 Å². The highest BCUT2D eigenvalue weighted by molar-refractivity contribution is 5.91. The van der Waals surface area contributed by atoms with Gasteiger partial charge in [-0.3, -0.25) is 9.79 Å². The Hall–Kier alpha value is -2.02. The number of piperazine rings is 1. The zero-order valence-electron chi connectivity index (χ0n) is 15.8. The SMILES string of the molecule is CCNC(=NCCNC(C)(C)C)N1CCN(C(=O)c2ccco2)CC1. The summed E-state index contributed by atoms with van der Waals surface area (Å²) in [4.78, 5) is 21.1. The van der Waals surface area contributed by atoms with Crippen molar-refractivity contribution in [3.8, 4) is 0 Å². The van der Waals surface area contributed by atoms with Gasteiger partial charge in [0.15, 0.2) is 11.7 Å². The van der Waals surface area contributed by atoms with Gasteiger partial charge in [-0.15, -0.1) is 0 Å². The van der Waals surface area contributed by atoms with E-state index in [0.29, 0.717) is 18.8 Å². The van der Waals surface area contributed by atoms with Crippen molar-refractivity contribution in [1.29, 1.82) is 0 Å². The fraction of sp³-hybridized carbons (Fsp3) is 0.667. The second-order valence-corrected chi connectivity index (χ2v) is 7.17. The molecule has 1 saturated heterocycles. The maximum atomic E-state index is 12.3. The highest BCUT2D eigenvalue weighted by atomic mass is 16.3. The third kappa shape index (κ3) is 6.08. The lowest BCUT2D eigenvalue weighted by Gasteiger charge is -2.36. The van der Waals surface area contributed by atoms with E-state index in [0.717, 1.165) is 38.7 Å². The van der Waals surface area contributed by atoms with E-state index in [1.165, 1.54) is 6.26 Å². The number of hydrogen-bond acceptors (Lipinski definition) is 4. The van der Waals surface area contributed by atoms with Crippen LogP contribution in [0.15, 0.2) is 27.8 Å². The zero-order chi connectivity index (χ0) is 18.3. The van der Waals surface area contributed by atoms with Crippen LogP contribution in [0.1, 0.15) is 38.2 Å². The minimum Gasteiger partial charge on any atom is -0.459 e. The molecule has 140 valence electrons. The monoisotopic (exact) mass is 349 g/mol. The molecule has 1 amide bonds. The minimum absolute atomic E-state index is 0.0408. The van der Waals surface area contributed by atoms with E-state index in [2.05, 4.69) is 43.2 Å². The number of nitrogens with one attached hydrogen (secondary N) is 2. The van der Waals surface area contributed by atoms with E-state index in [1.54, 1.807) is 12.1 Å². The van der Waals surface area contributed by atoms with Gasteiger partial charge in [0.2, 0.25) is 0 Å². The first-order chi connectivity index (χ1) is 11.9. The number of guanidine groups is 1. The van der Waals surface area contributed by atoms with Gasteiger partial charge in [0.1, 0.15) is 0 Å². The van der Waals surface area contributed by atoms with Crippen LogP contribution in [0.25, 0.3) is 0 Å². The van der Waals surface area contributed by atoms with Crippen molar-refractivity contribution in [2.45, 2.75) is 33.2 Å². The summed E-state index contributed by atoms with van der Waals surface area (Å²) in [7, 11) is 0. The Balaban J connectivity index is 1.85. The third-order valence-corrected chi connectivity index (χ3v) is 3.96. The molecule has 7 nitrogen and oxygen atoms in total. The van der Waals surface area contributed by atoms with E-state index < -0.39 is 0 Å². The number of rotatable bonds is 5. The van der Waals surface area contributed by atoms with Crippen LogP contribution in [0.5, 0.6) is 0 Å². The summed E-state index contributed by atoms with van der Waals surface area (Å²) in [6.07, 6.45) is 1.53. The average molecular weight is 349 g/mol. The Morgan fingerprint density at radius 1 is 1.24 bits per heavy atom. The van der Waals surface area contributed by atoms with Gasteiger partial charge in [-0.25, -0.2) is 0 Å². The van der Waals surface area contributed by atoms with Crippen LogP contribution in [0.4, 0.5) is 0 Å². The number of carbonyl (C=O) groups excluding carboxylic acids is 1. The molecule has 0 aliphatic carbocycles.